The Morgan fingerprint density at radius 1 is 1.03 bits per heavy atom. The van der Waals surface area contributed by atoms with Gasteiger partial charge in [-0.3, -0.25) is 4.98 Å². The van der Waals surface area contributed by atoms with Gasteiger partial charge in [0.2, 0.25) is 0 Å². The van der Waals surface area contributed by atoms with Crippen molar-refractivity contribution in [2.24, 2.45) is 0 Å². The smallest absolute Gasteiger partial charge is 0.258 e. The van der Waals surface area contributed by atoms with Crippen LogP contribution in [0.4, 0.5) is 13.2 Å². The van der Waals surface area contributed by atoms with Crippen molar-refractivity contribution in [3.05, 3.63) is 83.7 Å². The van der Waals surface area contributed by atoms with Crippen LogP contribution in [0.5, 0.6) is 0 Å². The third-order valence-corrected chi connectivity index (χ3v) is 5.50. The molecule has 1 heterocycles. The summed E-state index contributed by atoms with van der Waals surface area (Å²) >= 11 is 0. The molecule has 3 aromatic rings. The van der Waals surface area contributed by atoms with Gasteiger partial charge in [0.25, 0.3) is 0 Å². The maximum absolute atomic E-state index is 13.3. The molecule has 0 aliphatic carbocycles. The SMILES string of the molecule is CS(=O)(=O)c1ccc(-c2cc(C(F)(F)F)cnc2C(C#N)c2ccccc2)cc1. The molecule has 0 aliphatic heterocycles. The number of halogens is 3. The predicted octanol–water partition coefficient (Wildman–Crippen LogP) is 4.83. The average molecular weight is 416 g/mol. The summed E-state index contributed by atoms with van der Waals surface area (Å²) in [5.41, 5.74) is 0.265. The normalized spacial score (nSPS) is 12.9. The van der Waals surface area contributed by atoms with Crippen LogP contribution in [0.2, 0.25) is 0 Å². The van der Waals surface area contributed by atoms with Crippen LogP contribution in [-0.4, -0.2) is 19.7 Å². The Hall–Kier alpha value is -3.18. The average Bonchev–Trinajstić information content (AvgIpc) is 2.68. The number of hydrogen-bond acceptors (Lipinski definition) is 4. The fraction of sp³-hybridized carbons (Fsp3) is 0.143. The fourth-order valence-corrected chi connectivity index (χ4v) is 3.54. The first-order chi connectivity index (χ1) is 13.6. The van der Waals surface area contributed by atoms with Crippen molar-refractivity contribution in [1.82, 2.24) is 4.98 Å². The minimum Gasteiger partial charge on any atom is -0.258 e. The lowest BCUT2D eigenvalue weighted by molar-refractivity contribution is -0.137. The topological polar surface area (TPSA) is 70.8 Å². The Balaban J connectivity index is 2.21. The third-order valence-electron chi connectivity index (χ3n) is 4.37. The highest BCUT2D eigenvalue weighted by Gasteiger charge is 2.33. The molecule has 1 aromatic heterocycles. The van der Waals surface area contributed by atoms with E-state index in [1.165, 1.54) is 24.3 Å². The van der Waals surface area contributed by atoms with Gasteiger partial charge in [0, 0.05) is 18.0 Å². The van der Waals surface area contributed by atoms with E-state index in [0.29, 0.717) is 17.3 Å². The van der Waals surface area contributed by atoms with Crippen LogP contribution >= 0.6 is 0 Å². The van der Waals surface area contributed by atoms with Gasteiger partial charge in [-0.1, -0.05) is 42.5 Å². The van der Waals surface area contributed by atoms with Crippen molar-refractivity contribution in [2.75, 3.05) is 6.26 Å². The van der Waals surface area contributed by atoms with Crippen molar-refractivity contribution < 1.29 is 21.6 Å². The molecule has 0 fully saturated rings. The second kappa shape index (κ2) is 7.68. The summed E-state index contributed by atoms with van der Waals surface area (Å²) < 4.78 is 63.1. The van der Waals surface area contributed by atoms with Crippen LogP contribution in [0.3, 0.4) is 0 Å². The van der Waals surface area contributed by atoms with Crippen molar-refractivity contribution in [3.63, 3.8) is 0 Å². The van der Waals surface area contributed by atoms with Crippen LogP contribution in [0.15, 0.2) is 71.8 Å². The minimum absolute atomic E-state index is 0.0441. The van der Waals surface area contributed by atoms with Crippen LogP contribution in [-0.2, 0) is 16.0 Å². The number of hydrogen-bond donors (Lipinski definition) is 0. The fourth-order valence-electron chi connectivity index (χ4n) is 2.91. The molecule has 0 amide bonds. The third kappa shape index (κ3) is 4.46. The van der Waals surface area contributed by atoms with Crippen LogP contribution < -0.4 is 0 Å². The molecule has 1 unspecified atom stereocenters. The number of rotatable bonds is 4. The van der Waals surface area contributed by atoms with Gasteiger partial charge in [0.15, 0.2) is 9.84 Å². The number of nitrogens with zero attached hydrogens (tertiary/aromatic N) is 2. The Morgan fingerprint density at radius 2 is 1.66 bits per heavy atom. The van der Waals surface area contributed by atoms with Gasteiger partial charge >= 0.3 is 6.18 Å². The molecule has 0 spiro atoms. The first-order valence-electron chi connectivity index (χ1n) is 8.43. The number of alkyl halides is 3. The van der Waals surface area contributed by atoms with Gasteiger partial charge in [-0.25, -0.2) is 8.42 Å². The summed E-state index contributed by atoms with van der Waals surface area (Å²) in [6, 6.07) is 17.1. The van der Waals surface area contributed by atoms with E-state index in [-0.39, 0.29) is 16.2 Å². The number of sulfone groups is 1. The summed E-state index contributed by atoms with van der Waals surface area (Å²) in [6.07, 6.45) is -2.86. The Morgan fingerprint density at radius 3 is 2.17 bits per heavy atom. The molecular formula is C21H15F3N2O2S. The van der Waals surface area contributed by atoms with Gasteiger partial charge in [-0.05, 0) is 29.3 Å². The van der Waals surface area contributed by atoms with Crippen molar-refractivity contribution in [2.45, 2.75) is 17.0 Å². The highest BCUT2D eigenvalue weighted by Crippen LogP contribution is 2.37. The molecule has 0 aliphatic rings. The van der Waals surface area contributed by atoms with Crippen molar-refractivity contribution in [1.29, 1.82) is 5.26 Å². The first kappa shape index (κ1) is 20.6. The van der Waals surface area contributed by atoms with E-state index in [0.717, 1.165) is 12.3 Å². The van der Waals surface area contributed by atoms with Gasteiger partial charge in [0.1, 0.15) is 5.92 Å². The summed E-state index contributed by atoms with van der Waals surface area (Å²) in [6.45, 7) is 0. The van der Waals surface area contributed by atoms with Crippen molar-refractivity contribution >= 4 is 9.84 Å². The molecule has 2 aromatic carbocycles. The molecule has 0 radical (unpaired) electrons. The molecule has 3 rings (SSSR count). The zero-order valence-corrected chi connectivity index (χ0v) is 16.0. The molecule has 1 atom stereocenters. The lowest BCUT2D eigenvalue weighted by Crippen LogP contribution is -2.10. The van der Waals surface area contributed by atoms with Gasteiger partial charge < -0.3 is 0 Å². The predicted molar refractivity (Wildman–Crippen MR) is 102 cm³/mol. The second-order valence-electron chi connectivity index (χ2n) is 6.42. The van der Waals surface area contributed by atoms with E-state index < -0.39 is 27.5 Å². The Labute approximate surface area is 166 Å². The highest BCUT2D eigenvalue weighted by atomic mass is 32.2. The van der Waals surface area contributed by atoms with Crippen LogP contribution in [0, 0.1) is 11.3 Å². The number of pyridine rings is 1. The Kier molecular flexibility index (Phi) is 5.44. The largest absolute Gasteiger partial charge is 0.417 e. The zero-order chi connectivity index (χ0) is 21.2. The number of aromatic nitrogens is 1. The zero-order valence-electron chi connectivity index (χ0n) is 15.2. The highest BCUT2D eigenvalue weighted by molar-refractivity contribution is 7.90. The molecule has 0 bridgehead atoms. The number of nitriles is 1. The summed E-state index contributed by atoms with van der Waals surface area (Å²) in [7, 11) is -3.46. The lowest BCUT2D eigenvalue weighted by atomic mass is 9.90. The summed E-state index contributed by atoms with van der Waals surface area (Å²) in [5.74, 6) is -0.886. The van der Waals surface area contributed by atoms with E-state index in [9.17, 15) is 26.9 Å². The molecule has 0 saturated heterocycles. The Bertz CT molecular complexity index is 1170. The molecular weight excluding hydrogens is 401 g/mol. The second-order valence-corrected chi connectivity index (χ2v) is 8.44. The molecule has 0 N–H and O–H groups in total. The molecule has 148 valence electrons. The quantitative estimate of drug-likeness (QED) is 0.611. The standard InChI is InChI=1S/C21H15F3N2O2S/c1-29(27,28)17-9-7-15(8-10-17)18-11-16(21(22,23)24)13-26-20(18)19(12-25)14-5-3-2-4-6-14/h2-11,13,19H,1H3. The lowest BCUT2D eigenvalue weighted by Gasteiger charge is -2.17. The van der Waals surface area contributed by atoms with E-state index in [4.69, 9.17) is 0 Å². The first-order valence-corrected chi connectivity index (χ1v) is 10.3. The van der Waals surface area contributed by atoms with E-state index in [2.05, 4.69) is 11.1 Å². The minimum atomic E-state index is -4.61. The molecule has 29 heavy (non-hydrogen) atoms. The van der Waals surface area contributed by atoms with E-state index in [1.807, 2.05) is 0 Å². The molecule has 4 nitrogen and oxygen atoms in total. The van der Waals surface area contributed by atoms with Crippen LogP contribution in [0.1, 0.15) is 22.7 Å². The molecule has 0 saturated carbocycles. The molecule has 8 heteroatoms. The van der Waals surface area contributed by atoms with E-state index >= 15 is 0 Å². The maximum Gasteiger partial charge on any atom is 0.417 e. The summed E-state index contributed by atoms with van der Waals surface area (Å²) in [5, 5.41) is 9.69. The maximum atomic E-state index is 13.3. The number of benzene rings is 2. The van der Waals surface area contributed by atoms with Crippen molar-refractivity contribution in [3.8, 4) is 17.2 Å². The van der Waals surface area contributed by atoms with E-state index in [1.54, 1.807) is 30.3 Å². The van der Waals surface area contributed by atoms with Gasteiger partial charge in [-0.15, -0.1) is 0 Å². The monoisotopic (exact) mass is 416 g/mol. The van der Waals surface area contributed by atoms with Crippen LogP contribution in [0.25, 0.3) is 11.1 Å². The van der Waals surface area contributed by atoms with Gasteiger partial charge in [0.05, 0.1) is 22.2 Å². The summed E-state index contributed by atoms with van der Waals surface area (Å²) in [4.78, 5) is 4.02. The van der Waals surface area contributed by atoms with Gasteiger partial charge in [-0.2, -0.15) is 18.4 Å².